The zero-order chi connectivity index (χ0) is 24.0. The van der Waals surface area contributed by atoms with Gasteiger partial charge in [-0.25, -0.2) is 4.98 Å². The third-order valence-electron chi connectivity index (χ3n) is 7.21. The lowest BCUT2D eigenvalue weighted by Crippen LogP contribution is -2.41. The maximum absolute atomic E-state index is 6.22. The van der Waals surface area contributed by atoms with Crippen LogP contribution in [0.25, 0.3) is 33.6 Å². The summed E-state index contributed by atoms with van der Waals surface area (Å²) in [6.07, 6.45) is 5.39. The summed E-state index contributed by atoms with van der Waals surface area (Å²) in [5.41, 5.74) is 15.4. The average Bonchev–Trinajstić information content (AvgIpc) is 3.34. The Bertz CT molecular complexity index is 1360. The van der Waals surface area contributed by atoms with E-state index in [1.54, 1.807) is 0 Å². The predicted molar refractivity (Wildman–Crippen MR) is 143 cm³/mol. The Balaban J connectivity index is 1.59. The number of aryl methyl sites for hydroxylation is 2. The molecule has 34 heavy (non-hydrogen) atoms. The molecule has 2 N–H and O–H groups in total. The van der Waals surface area contributed by atoms with E-state index < -0.39 is 0 Å². The Hall–Kier alpha value is -3.05. The second-order valence-electron chi connectivity index (χ2n) is 10.3. The van der Waals surface area contributed by atoms with Crippen molar-refractivity contribution in [1.29, 1.82) is 0 Å². The number of aromatic nitrogens is 3. The number of nitrogens with zero attached hydrogens (tertiary/aromatic N) is 4. The number of hydrogen-bond acceptors (Lipinski definition) is 3. The van der Waals surface area contributed by atoms with E-state index in [2.05, 4.69) is 90.7 Å². The summed E-state index contributed by atoms with van der Waals surface area (Å²) in [5, 5.41) is 1.28. The molecule has 5 heteroatoms. The molecule has 0 saturated carbocycles. The van der Waals surface area contributed by atoms with Crippen LogP contribution in [0.3, 0.4) is 0 Å². The van der Waals surface area contributed by atoms with Gasteiger partial charge in [0, 0.05) is 59.7 Å². The van der Waals surface area contributed by atoms with Gasteiger partial charge in [0.25, 0.3) is 0 Å². The Morgan fingerprint density at radius 1 is 1.21 bits per heavy atom. The highest BCUT2D eigenvalue weighted by molar-refractivity contribution is 5.88. The quantitative estimate of drug-likeness (QED) is 0.395. The Labute approximate surface area is 202 Å². The number of hydrogen-bond donors (Lipinski definition) is 1. The minimum absolute atomic E-state index is 0.227. The van der Waals surface area contributed by atoms with Crippen LogP contribution in [0.1, 0.15) is 50.4 Å². The molecule has 4 heterocycles. The number of nitrogens with two attached hydrogens (primary N) is 1. The number of rotatable bonds is 6. The van der Waals surface area contributed by atoms with Crippen LogP contribution in [0.2, 0.25) is 0 Å². The van der Waals surface area contributed by atoms with Crippen LogP contribution in [-0.2, 0) is 13.0 Å². The summed E-state index contributed by atoms with van der Waals surface area (Å²) in [6, 6.07) is 13.7. The van der Waals surface area contributed by atoms with Crippen molar-refractivity contribution < 1.29 is 0 Å². The molecule has 1 aromatic carbocycles. The van der Waals surface area contributed by atoms with Gasteiger partial charge in [0.1, 0.15) is 11.3 Å². The van der Waals surface area contributed by atoms with Crippen LogP contribution in [-0.4, -0.2) is 38.0 Å². The zero-order valence-electron chi connectivity index (χ0n) is 21.0. The van der Waals surface area contributed by atoms with Crippen molar-refractivity contribution in [2.75, 3.05) is 13.1 Å². The van der Waals surface area contributed by atoms with E-state index in [-0.39, 0.29) is 6.04 Å². The van der Waals surface area contributed by atoms with Crippen molar-refractivity contribution in [3.05, 3.63) is 66.0 Å². The lowest BCUT2D eigenvalue weighted by Gasteiger charge is -2.34. The van der Waals surface area contributed by atoms with Gasteiger partial charge in [0.05, 0.1) is 5.69 Å². The molecule has 4 aromatic rings. The topological polar surface area (TPSA) is 51.5 Å². The van der Waals surface area contributed by atoms with Gasteiger partial charge in [-0.15, -0.1) is 0 Å². The third kappa shape index (κ3) is 4.03. The summed E-state index contributed by atoms with van der Waals surface area (Å²) in [4.78, 5) is 7.47. The molecule has 3 aromatic heterocycles. The summed E-state index contributed by atoms with van der Waals surface area (Å²) in [6.45, 7) is 16.2. The van der Waals surface area contributed by atoms with E-state index in [9.17, 15) is 0 Å². The maximum Gasteiger partial charge on any atom is 0.138 e. The van der Waals surface area contributed by atoms with E-state index in [0.717, 1.165) is 67.2 Å². The molecule has 1 aliphatic heterocycles. The summed E-state index contributed by atoms with van der Waals surface area (Å²) >= 11 is 0. The van der Waals surface area contributed by atoms with Gasteiger partial charge >= 0.3 is 0 Å². The molecule has 5 nitrogen and oxygen atoms in total. The van der Waals surface area contributed by atoms with E-state index in [1.165, 1.54) is 22.2 Å². The number of likely N-dealkylation sites (tertiary alicyclic amines) is 1. The minimum Gasteiger partial charge on any atom is -0.370 e. The molecule has 178 valence electrons. The van der Waals surface area contributed by atoms with Crippen LogP contribution in [0, 0.1) is 12.8 Å². The van der Waals surface area contributed by atoms with Crippen LogP contribution in [0.15, 0.2) is 49.2 Å². The molecule has 0 aliphatic carbocycles. The molecule has 0 amide bonds. The van der Waals surface area contributed by atoms with Gasteiger partial charge in [-0.05, 0) is 61.9 Å². The molecule has 0 spiro atoms. The van der Waals surface area contributed by atoms with E-state index in [0.29, 0.717) is 5.92 Å². The number of fused-ring (bicyclic) bond motifs is 2. The van der Waals surface area contributed by atoms with Crippen molar-refractivity contribution in [2.24, 2.45) is 11.7 Å². The molecular formula is C29H37N5. The highest BCUT2D eigenvalue weighted by Crippen LogP contribution is 2.33. The first kappa shape index (κ1) is 22.7. The second-order valence-corrected chi connectivity index (χ2v) is 10.3. The molecule has 1 saturated heterocycles. The van der Waals surface area contributed by atoms with Crippen LogP contribution >= 0.6 is 0 Å². The summed E-state index contributed by atoms with van der Waals surface area (Å²) < 4.78 is 4.66. The maximum atomic E-state index is 6.22. The van der Waals surface area contributed by atoms with Gasteiger partial charge < -0.3 is 19.6 Å². The first-order valence-electron chi connectivity index (χ1n) is 12.7. The van der Waals surface area contributed by atoms with Crippen molar-refractivity contribution in [2.45, 2.75) is 59.5 Å². The van der Waals surface area contributed by atoms with Gasteiger partial charge in [0.15, 0.2) is 0 Å². The SMILES string of the molecule is C=C(c1ccn2c(C)c(-c3cc4ccc(CC)cc4n3CC(C)C)nc2c1)N1CCCC(N)C1. The second kappa shape index (κ2) is 8.95. The van der Waals surface area contributed by atoms with Crippen molar-refractivity contribution in [3.63, 3.8) is 0 Å². The molecule has 0 bridgehead atoms. The van der Waals surface area contributed by atoms with Gasteiger partial charge in [-0.3, -0.25) is 0 Å². The third-order valence-corrected chi connectivity index (χ3v) is 7.21. The number of benzene rings is 1. The normalized spacial score (nSPS) is 16.8. The lowest BCUT2D eigenvalue weighted by molar-refractivity contribution is 0.296. The number of piperidine rings is 1. The van der Waals surface area contributed by atoms with Crippen LogP contribution in [0.5, 0.6) is 0 Å². The largest absolute Gasteiger partial charge is 0.370 e. The number of imidazole rings is 1. The Kier molecular flexibility index (Phi) is 5.98. The van der Waals surface area contributed by atoms with Crippen LogP contribution in [0.4, 0.5) is 0 Å². The first-order valence-corrected chi connectivity index (χ1v) is 12.7. The smallest absolute Gasteiger partial charge is 0.138 e. The molecular weight excluding hydrogens is 418 g/mol. The highest BCUT2D eigenvalue weighted by Gasteiger charge is 2.21. The van der Waals surface area contributed by atoms with Crippen molar-refractivity contribution in [1.82, 2.24) is 18.9 Å². The molecule has 1 atom stereocenters. The van der Waals surface area contributed by atoms with Crippen LogP contribution < -0.4 is 5.73 Å². The first-order chi connectivity index (χ1) is 16.4. The predicted octanol–water partition coefficient (Wildman–Crippen LogP) is 5.88. The summed E-state index contributed by atoms with van der Waals surface area (Å²) in [7, 11) is 0. The standard InChI is InChI=1S/C29H37N5/c1-6-22-9-10-24-15-27(34(17-19(2)3)26(24)14-22)29-21(5)33-13-11-23(16-28(33)31-29)20(4)32-12-7-8-25(30)18-32/h9-11,13-16,19,25H,4,6-8,12,17-18,30H2,1-3,5H3. The Morgan fingerprint density at radius 3 is 2.76 bits per heavy atom. The fourth-order valence-corrected chi connectivity index (χ4v) is 5.31. The fourth-order valence-electron chi connectivity index (χ4n) is 5.31. The van der Waals surface area contributed by atoms with Crippen molar-refractivity contribution >= 4 is 22.2 Å². The highest BCUT2D eigenvalue weighted by atomic mass is 15.2. The summed E-state index contributed by atoms with van der Waals surface area (Å²) in [5.74, 6) is 0.544. The number of pyridine rings is 1. The molecule has 5 rings (SSSR count). The van der Waals surface area contributed by atoms with Gasteiger partial charge in [-0.1, -0.05) is 39.5 Å². The monoisotopic (exact) mass is 455 g/mol. The van der Waals surface area contributed by atoms with Gasteiger partial charge in [-0.2, -0.15) is 0 Å². The Morgan fingerprint density at radius 2 is 2.03 bits per heavy atom. The molecule has 1 unspecified atom stereocenters. The minimum atomic E-state index is 0.227. The molecule has 1 fully saturated rings. The molecule has 1 aliphatic rings. The van der Waals surface area contributed by atoms with Gasteiger partial charge in [0.2, 0.25) is 0 Å². The average molecular weight is 456 g/mol. The van der Waals surface area contributed by atoms with E-state index >= 15 is 0 Å². The lowest BCUT2D eigenvalue weighted by atomic mass is 10.0. The van der Waals surface area contributed by atoms with Crippen molar-refractivity contribution in [3.8, 4) is 11.4 Å². The fraction of sp³-hybridized carbons (Fsp3) is 0.414. The zero-order valence-corrected chi connectivity index (χ0v) is 21.0. The van der Waals surface area contributed by atoms with E-state index in [1.807, 2.05) is 0 Å². The van der Waals surface area contributed by atoms with E-state index in [4.69, 9.17) is 10.7 Å². The molecule has 0 radical (unpaired) electrons.